The highest BCUT2D eigenvalue weighted by molar-refractivity contribution is 9.10. The van der Waals surface area contributed by atoms with Crippen LogP contribution in [0.15, 0.2) is 28.7 Å². The number of nitrogens with zero attached hydrogens (tertiary/aromatic N) is 1. The Morgan fingerprint density at radius 1 is 1.59 bits per heavy atom. The van der Waals surface area contributed by atoms with Gasteiger partial charge >= 0.3 is 0 Å². The fraction of sp³-hybridized carbons (Fsp3) is 0.462. The predicted molar refractivity (Wildman–Crippen MR) is 69.6 cm³/mol. The summed E-state index contributed by atoms with van der Waals surface area (Å²) in [5.41, 5.74) is 1.12. The van der Waals surface area contributed by atoms with E-state index in [4.69, 9.17) is 4.74 Å². The molecule has 1 heterocycles. The lowest BCUT2D eigenvalue weighted by atomic mass is 10.2. The zero-order chi connectivity index (χ0) is 12.3. The molecule has 0 saturated carbocycles. The summed E-state index contributed by atoms with van der Waals surface area (Å²) in [6.07, 6.45) is 1.61. The maximum Gasteiger partial charge on any atom is 0.251 e. The van der Waals surface area contributed by atoms with E-state index in [9.17, 15) is 4.79 Å². The van der Waals surface area contributed by atoms with E-state index < -0.39 is 0 Å². The van der Waals surface area contributed by atoms with Crippen LogP contribution in [-0.2, 0) is 16.1 Å². The molecule has 0 aromatic heterocycles. The lowest BCUT2D eigenvalue weighted by Crippen LogP contribution is -2.35. The molecular formula is C13H16BrNO2. The third-order valence-corrected chi connectivity index (χ3v) is 3.38. The number of carbonyl (C=O) groups is 1. The number of benzene rings is 1. The van der Waals surface area contributed by atoms with Gasteiger partial charge in [-0.05, 0) is 30.5 Å². The van der Waals surface area contributed by atoms with Crippen molar-refractivity contribution in [1.82, 2.24) is 4.90 Å². The van der Waals surface area contributed by atoms with E-state index in [2.05, 4.69) is 15.9 Å². The Labute approximate surface area is 110 Å². The molecule has 1 amide bonds. The van der Waals surface area contributed by atoms with Crippen LogP contribution in [0.5, 0.6) is 0 Å². The van der Waals surface area contributed by atoms with Crippen molar-refractivity contribution in [3.05, 3.63) is 34.3 Å². The first-order chi connectivity index (χ1) is 8.16. The monoisotopic (exact) mass is 297 g/mol. The number of hydrogen-bond donors (Lipinski definition) is 0. The average molecular weight is 298 g/mol. The Bertz CT molecular complexity index is 402. The molecule has 1 fully saturated rings. The minimum absolute atomic E-state index is 0.0856. The van der Waals surface area contributed by atoms with Crippen molar-refractivity contribution in [3.63, 3.8) is 0 Å². The molecule has 17 heavy (non-hydrogen) atoms. The molecule has 1 aliphatic rings. The van der Waals surface area contributed by atoms with Crippen LogP contribution in [0, 0.1) is 0 Å². The number of rotatable bonds is 3. The number of ether oxygens (including phenoxy) is 1. The predicted octanol–water partition coefficient (Wildman–Crippen LogP) is 2.59. The highest BCUT2D eigenvalue weighted by Crippen LogP contribution is 2.17. The number of likely N-dealkylation sites (N-methyl/N-ethyl adjacent to an activating group) is 1. The van der Waals surface area contributed by atoms with Gasteiger partial charge in [0.25, 0.3) is 5.91 Å². The van der Waals surface area contributed by atoms with Crippen LogP contribution in [0.1, 0.15) is 18.4 Å². The highest BCUT2D eigenvalue weighted by atomic mass is 79.9. The summed E-state index contributed by atoms with van der Waals surface area (Å²) in [5, 5.41) is 0. The Morgan fingerprint density at radius 3 is 3.06 bits per heavy atom. The average Bonchev–Trinajstić information content (AvgIpc) is 2.81. The molecule has 2 rings (SSSR count). The Kier molecular flexibility index (Phi) is 4.18. The van der Waals surface area contributed by atoms with Crippen molar-refractivity contribution < 1.29 is 9.53 Å². The van der Waals surface area contributed by atoms with E-state index in [1.807, 2.05) is 31.3 Å². The van der Waals surface area contributed by atoms with Gasteiger partial charge in [-0.2, -0.15) is 0 Å². The molecule has 92 valence electrons. The van der Waals surface area contributed by atoms with E-state index in [1.165, 1.54) is 0 Å². The van der Waals surface area contributed by atoms with Gasteiger partial charge in [-0.25, -0.2) is 0 Å². The molecule has 0 unspecified atom stereocenters. The third-order valence-electron chi connectivity index (χ3n) is 2.89. The molecule has 0 bridgehead atoms. The van der Waals surface area contributed by atoms with E-state index in [0.717, 1.165) is 22.9 Å². The van der Waals surface area contributed by atoms with Gasteiger partial charge in [-0.15, -0.1) is 0 Å². The van der Waals surface area contributed by atoms with Crippen molar-refractivity contribution in [3.8, 4) is 0 Å². The van der Waals surface area contributed by atoms with Gasteiger partial charge in [-0.3, -0.25) is 4.79 Å². The van der Waals surface area contributed by atoms with E-state index in [1.54, 1.807) is 4.90 Å². The van der Waals surface area contributed by atoms with Gasteiger partial charge in [0.15, 0.2) is 0 Å². The van der Waals surface area contributed by atoms with E-state index in [0.29, 0.717) is 13.2 Å². The Balaban J connectivity index is 1.96. The summed E-state index contributed by atoms with van der Waals surface area (Å²) in [6.45, 7) is 1.33. The zero-order valence-electron chi connectivity index (χ0n) is 9.86. The van der Waals surface area contributed by atoms with Crippen molar-refractivity contribution in [2.45, 2.75) is 25.5 Å². The Hall–Kier alpha value is -0.870. The van der Waals surface area contributed by atoms with Gasteiger partial charge in [0.05, 0.1) is 0 Å². The summed E-state index contributed by atoms with van der Waals surface area (Å²) in [6, 6.07) is 8.00. The number of carbonyl (C=O) groups excluding carboxylic acids is 1. The molecule has 1 aromatic carbocycles. The number of hydrogen-bond acceptors (Lipinski definition) is 2. The molecule has 1 aliphatic heterocycles. The second-order valence-corrected chi connectivity index (χ2v) is 5.24. The Morgan fingerprint density at radius 2 is 2.41 bits per heavy atom. The molecule has 1 saturated heterocycles. The standard InChI is InChI=1S/C13H16BrNO2/c1-15(13(16)12-6-3-7-17-12)9-10-4-2-5-11(14)8-10/h2,4-5,8,12H,3,6-7,9H2,1H3/t12-/m1/s1. The second kappa shape index (κ2) is 5.65. The lowest BCUT2D eigenvalue weighted by Gasteiger charge is -2.20. The highest BCUT2D eigenvalue weighted by Gasteiger charge is 2.26. The second-order valence-electron chi connectivity index (χ2n) is 4.33. The van der Waals surface area contributed by atoms with Crippen LogP contribution in [0.4, 0.5) is 0 Å². The maximum absolute atomic E-state index is 12.0. The van der Waals surface area contributed by atoms with Crippen molar-refractivity contribution >= 4 is 21.8 Å². The first kappa shape index (κ1) is 12.6. The van der Waals surface area contributed by atoms with Crippen LogP contribution in [-0.4, -0.2) is 30.6 Å². The lowest BCUT2D eigenvalue weighted by molar-refractivity contribution is -0.140. The quantitative estimate of drug-likeness (QED) is 0.858. The van der Waals surface area contributed by atoms with Crippen LogP contribution in [0.2, 0.25) is 0 Å². The molecule has 0 aliphatic carbocycles. The molecule has 0 radical (unpaired) electrons. The SMILES string of the molecule is CN(Cc1cccc(Br)c1)C(=O)[C@H]1CCCO1. The zero-order valence-corrected chi connectivity index (χ0v) is 11.4. The van der Waals surface area contributed by atoms with Crippen LogP contribution < -0.4 is 0 Å². The molecule has 0 spiro atoms. The van der Waals surface area contributed by atoms with Crippen molar-refractivity contribution in [2.24, 2.45) is 0 Å². The van der Waals surface area contributed by atoms with Gasteiger partial charge in [0.2, 0.25) is 0 Å². The first-order valence-electron chi connectivity index (χ1n) is 5.78. The molecular weight excluding hydrogens is 282 g/mol. The first-order valence-corrected chi connectivity index (χ1v) is 6.57. The summed E-state index contributed by atoms with van der Waals surface area (Å²) >= 11 is 3.43. The minimum atomic E-state index is -0.229. The topological polar surface area (TPSA) is 29.5 Å². The van der Waals surface area contributed by atoms with E-state index >= 15 is 0 Å². The van der Waals surface area contributed by atoms with Crippen LogP contribution in [0.25, 0.3) is 0 Å². The maximum atomic E-state index is 12.0. The molecule has 3 nitrogen and oxygen atoms in total. The van der Waals surface area contributed by atoms with Crippen molar-refractivity contribution in [2.75, 3.05) is 13.7 Å². The summed E-state index contributed by atoms with van der Waals surface area (Å²) in [5.74, 6) is 0.0856. The minimum Gasteiger partial charge on any atom is -0.368 e. The number of amides is 1. The summed E-state index contributed by atoms with van der Waals surface area (Å²) in [7, 11) is 1.82. The molecule has 4 heteroatoms. The smallest absolute Gasteiger partial charge is 0.251 e. The molecule has 1 atom stereocenters. The van der Waals surface area contributed by atoms with Gasteiger partial charge in [0.1, 0.15) is 6.10 Å². The third kappa shape index (κ3) is 3.30. The fourth-order valence-corrected chi connectivity index (χ4v) is 2.45. The normalized spacial score (nSPS) is 19.3. The van der Waals surface area contributed by atoms with Crippen molar-refractivity contribution in [1.29, 1.82) is 0 Å². The van der Waals surface area contributed by atoms with Gasteiger partial charge in [-0.1, -0.05) is 28.1 Å². The van der Waals surface area contributed by atoms with E-state index in [-0.39, 0.29) is 12.0 Å². The van der Waals surface area contributed by atoms with Crippen LogP contribution >= 0.6 is 15.9 Å². The summed E-state index contributed by atoms with van der Waals surface area (Å²) < 4.78 is 6.43. The van der Waals surface area contributed by atoms with Gasteiger partial charge in [0, 0.05) is 24.7 Å². The fourth-order valence-electron chi connectivity index (χ4n) is 2.01. The molecule has 0 N–H and O–H groups in total. The summed E-state index contributed by atoms with van der Waals surface area (Å²) in [4.78, 5) is 13.8. The molecule has 1 aromatic rings. The largest absolute Gasteiger partial charge is 0.368 e. The number of halogens is 1. The van der Waals surface area contributed by atoms with Gasteiger partial charge < -0.3 is 9.64 Å². The van der Waals surface area contributed by atoms with Crippen LogP contribution in [0.3, 0.4) is 0 Å².